The van der Waals surface area contributed by atoms with Gasteiger partial charge in [-0.2, -0.15) is 0 Å². The molecule has 2 saturated heterocycles. The molecule has 2 atom stereocenters. The van der Waals surface area contributed by atoms with E-state index in [2.05, 4.69) is 15.5 Å². The van der Waals surface area contributed by atoms with Gasteiger partial charge in [0.15, 0.2) is 0 Å². The maximum absolute atomic E-state index is 12.3. The summed E-state index contributed by atoms with van der Waals surface area (Å²) in [5.41, 5.74) is 0.491. The van der Waals surface area contributed by atoms with Crippen LogP contribution in [0.5, 0.6) is 0 Å². The van der Waals surface area contributed by atoms with Gasteiger partial charge in [-0.25, -0.2) is 0 Å². The number of anilines is 1. The van der Waals surface area contributed by atoms with Crippen LogP contribution in [-0.2, 0) is 4.79 Å². The van der Waals surface area contributed by atoms with Crippen LogP contribution in [0.25, 0.3) is 0 Å². The van der Waals surface area contributed by atoms with Crippen LogP contribution in [0.2, 0.25) is 15.1 Å². The van der Waals surface area contributed by atoms with Crippen molar-refractivity contribution in [3.63, 3.8) is 0 Å². The summed E-state index contributed by atoms with van der Waals surface area (Å²) < 4.78 is 0. The number of likely N-dealkylation sites (N-methyl/N-ethyl adjacent to an activating group) is 1. The zero-order valence-corrected chi connectivity index (χ0v) is 16.4. The first kappa shape index (κ1) is 20.1. The van der Waals surface area contributed by atoms with Crippen LogP contribution in [0, 0.1) is 0 Å². The van der Waals surface area contributed by atoms with E-state index in [4.69, 9.17) is 34.8 Å². The van der Waals surface area contributed by atoms with Crippen LogP contribution < -0.4 is 10.6 Å². The van der Waals surface area contributed by atoms with Crippen LogP contribution in [-0.4, -0.2) is 42.5 Å². The summed E-state index contributed by atoms with van der Waals surface area (Å²) in [5.74, 6) is -0.0985. The Balaban J connectivity index is 0.00000208. The number of hydrogen-bond acceptors (Lipinski definition) is 3. The number of piperidine rings is 1. The van der Waals surface area contributed by atoms with Crippen molar-refractivity contribution in [1.29, 1.82) is 0 Å². The lowest BCUT2D eigenvalue weighted by Gasteiger charge is -2.35. The van der Waals surface area contributed by atoms with Gasteiger partial charge in [-0.3, -0.25) is 9.69 Å². The molecule has 0 aromatic heterocycles. The van der Waals surface area contributed by atoms with E-state index in [-0.39, 0.29) is 18.3 Å². The van der Waals surface area contributed by atoms with Crippen LogP contribution in [0.3, 0.4) is 0 Å². The minimum absolute atomic E-state index is 0. The minimum Gasteiger partial charge on any atom is -0.324 e. The van der Waals surface area contributed by atoms with E-state index in [0.29, 0.717) is 45.4 Å². The Morgan fingerprint density at radius 2 is 1.75 bits per heavy atom. The van der Waals surface area contributed by atoms with Crippen LogP contribution in [0.1, 0.15) is 25.7 Å². The summed E-state index contributed by atoms with van der Waals surface area (Å²) in [6.07, 6.45) is 4.71. The smallest absolute Gasteiger partial charge is 0.238 e. The Kier molecular flexibility index (Phi) is 7.06. The lowest BCUT2D eigenvalue weighted by atomic mass is 9.98. The zero-order chi connectivity index (χ0) is 16.6. The second-order valence-electron chi connectivity index (χ2n) is 6.47. The van der Waals surface area contributed by atoms with Gasteiger partial charge in [0.25, 0.3) is 0 Å². The predicted octanol–water partition coefficient (Wildman–Crippen LogP) is 4.22. The van der Waals surface area contributed by atoms with Gasteiger partial charge in [-0.1, -0.05) is 34.8 Å². The predicted molar refractivity (Wildman–Crippen MR) is 103 cm³/mol. The SMILES string of the molecule is CN(CC(=O)Nc1cc(Cl)c(Cl)cc1Cl)C1CC2CCC(C1)N2.Cl. The summed E-state index contributed by atoms with van der Waals surface area (Å²) >= 11 is 18.0. The second-order valence-corrected chi connectivity index (χ2v) is 7.69. The van der Waals surface area contributed by atoms with Gasteiger partial charge < -0.3 is 10.6 Å². The average Bonchev–Trinajstić information content (AvgIpc) is 2.83. The van der Waals surface area contributed by atoms with Crippen molar-refractivity contribution in [3.8, 4) is 0 Å². The largest absolute Gasteiger partial charge is 0.324 e. The normalized spacial score (nSPS) is 25.5. The number of benzene rings is 1. The number of fused-ring (bicyclic) bond motifs is 2. The molecule has 1 aromatic rings. The lowest BCUT2D eigenvalue weighted by molar-refractivity contribution is -0.117. The molecular formula is C16H21Cl4N3O. The molecule has 24 heavy (non-hydrogen) atoms. The first-order chi connectivity index (χ1) is 10.9. The molecule has 0 saturated carbocycles. The minimum atomic E-state index is -0.0985. The monoisotopic (exact) mass is 411 g/mol. The number of amides is 1. The molecular weight excluding hydrogens is 392 g/mol. The molecule has 0 spiro atoms. The van der Waals surface area contributed by atoms with Gasteiger partial charge in [-0.05, 0) is 44.9 Å². The van der Waals surface area contributed by atoms with Gasteiger partial charge in [0.1, 0.15) is 0 Å². The molecule has 2 fully saturated rings. The van der Waals surface area contributed by atoms with Gasteiger partial charge >= 0.3 is 0 Å². The van der Waals surface area contributed by atoms with Crippen molar-refractivity contribution in [3.05, 3.63) is 27.2 Å². The molecule has 3 rings (SSSR count). The highest BCUT2D eigenvalue weighted by molar-refractivity contribution is 6.44. The van der Waals surface area contributed by atoms with Gasteiger partial charge in [0.05, 0.1) is 27.3 Å². The van der Waals surface area contributed by atoms with Gasteiger partial charge in [0.2, 0.25) is 5.91 Å². The summed E-state index contributed by atoms with van der Waals surface area (Å²) in [4.78, 5) is 14.4. The maximum Gasteiger partial charge on any atom is 0.238 e. The molecule has 1 amide bonds. The van der Waals surface area contributed by atoms with Crippen molar-refractivity contribution in [1.82, 2.24) is 10.2 Å². The standard InChI is InChI=1S/C16H20Cl3N3O.ClH/c1-22(11-4-9-2-3-10(5-11)20-9)8-16(23)21-15-7-13(18)12(17)6-14(15)19;/h6-7,9-11,20H,2-5,8H2,1H3,(H,21,23);1H. The van der Waals surface area contributed by atoms with E-state index in [9.17, 15) is 4.79 Å². The fraction of sp³-hybridized carbons (Fsp3) is 0.562. The summed E-state index contributed by atoms with van der Waals surface area (Å²) in [5, 5.41) is 7.56. The van der Waals surface area contributed by atoms with Crippen LogP contribution in [0.4, 0.5) is 5.69 Å². The third kappa shape index (κ3) is 4.69. The summed E-state index contributed by atoms with van der Waals surface area (Å²) in [7, 11) is 2.01. The van der Waals surface area contributed by atoms with Crippen molar-refractivity contribution in [2.24, 2.45) is 0 Å². The molecule has 2 aliphatic rings. The summed E-state index contributed by atoms with van der Waals surface area (Å²) in [6.45, 7) is 0.334. The van der Waals surface area contributed by atoms with Crippen molar-refractivity contribution < 1.29 is 4.79 Å². The van der Waals surface area contributed by atoms with E-state index < -0.39 is 0 Å². The first-order valence-corrected chi connectivity index (χ1v) is 8.96. The number of carbonyl (C=O) groups excluding carboxylic acids is 1. The van der Waals surface area contributed by atoms with Gasteiger partial charge in [-0.15, -0.1) is 12.4 Å². The Bertz CT molecular complexity index is 601. The Morgan fingerprint density at radius 1 is 1.17 bits per heavy atom. The molecule has 2 N–H and O–H groups in total. The lowest BCUT2D eigenvalue weighted by Crippen LogP contribution is -2.48. The van der Waals surface area contributed by atoms with E-state index >= 15 is 0 Å². The zero-order valence-electron chi connectivity index (χ0n) is 13.3. The molecule has 2 bridgehead atoms. The van der Waals surface area contributed by atoms with E-state index in [1.165, 1.54) is 18.9 Å². The molecule has 134 valence electrons. The van der Waals surface area contributed by atoms with E-state index in [1.54, 1.807) is 6.07 Å². The fourth-order valence-corrected chi connectivity index (χ4v) is 4.14. The first-order valence-electron chi connectivity index (χ1n) is 7.83. The number of carbonyl (C=O) groups is 1. The molecule has 2 heterocycles. The molecule has 1 aromatic carbocycles. The number of halogens is 4. The number of hydrogen-bond donors (Lipinski definition) is 2. The molecule has 2 aliphatic heterocycles. The summed E-state index contributed by atoms with van der Waals surface area (Å²) in [6, 6.07) is 4.77. The fourth-order valence-electron chi connectivity index (χ4n) is 3.55. The van der Waals surface area contributed by atoms with Gasteiger partial charge in [0, 0.05) is 18.1 Å². The highest BCUT2D eigenvalue weighted by atomic mass is 35.5. The number of nitrogens with one attached hydrogen (secondary N) is 2. The van der Waals surface area contributed by atoms with Crippen LogP contribution >= 0.6 is 47.2 Å². The van der Waals surface area contributed by atoms with E-state index in [1.807, 2.05) is 7.05 Å². The quantitative estimate of drug-likeness (QED) is 0.727. The maximum atomic E-state index is 12.3. The van der Waals surface area contributed by atoms with Crippen molar-refractivity contribution >= 4 is 58.8 Å². The Hall–Kier alpha value is -0.230. The highest BCUT2D eigenvalue weighted by Gasteiger charge is 2.35. The number of rotatable bonds is 4. The molecule has 2 unspecified atom stereocenters. The Morgan fingerprint density at radius 3 is 2.38 bits per heavy atom. The van der Waals surface area contributed by atoms with E-state index in [0.717, 1.165) is 12.8 Å². The van der Waals surface area contributed by atoms with Crippen molar-refractivity contribution in [2.45, 2.75) is 43.8 Å². The van der Waals surface area contributed by atoms with Crippen molar-refractivity contribution in [2.75, 3.05) is 18.9 Å². The molecule has 8 heteroatoms. The topological polar surface area (TPSA) is 44.4 Å². The molecule has 0 aliphatic carbocycles. The average molecular weight is 413 g/mol. The number of nitrogens with zero attached hydrogens (tertiary/aromatic N) is 1. The third-order valence-electron chi connectivity index (χ3n) is 4.75. The Labute approximate surface area is 163 Å². The third-order valence-corrected chi connectivity index (χ3v) is 5.78. The second kappa shape index (κ2) is 8.43. The van der Waals surface area contributed by atoms with Crippen LogP contribution in [0.15, 0.2) is 12.1 Å². The highest BCUT2D eigenvalue weighted by Crippen LogP contribution is 2.32. The molecule has 0 radical (unpaired) electrons. The molecule has 4 nitrogen and oxygen atoms in total.